The maximum atomic E-state index is 12.2. The van der Waals surface area contributed by atoms with E-state index in [4.69, 9.17) is 0 Å². The van der Waals surface area contributed by atoms with Crippen molar-refractivity contribution in [3.05, 3.63) is 23.8 Å². The molecule has 0 aliphatic heterocycles. The molecule has 0 unspecified atom stereocenters. The van der Waals surface area contributed by atoms with Crippen LogP contribution >= 0.6 is 0 Å². The van der Waals surface area contributed by atoms with Gasteiger partial charge >= 0.3 is 5.97 Å². The van der Waals surface area contributed by atoms with E-state index in [9.17, 15) is 14.7 Å². The van der Waals surface area contributed by atoms with Gasteiger partial charge in [0, 0.05) is 5.56 Å². The minimum absolute atomic E-state index is 0.388. The number of hydrogen-bond acceptors (Lipinski definition) is 4. The average Bonchev–Trinajstić information content (AvgIpc) is 3.06. The lowest BCUT2D eigenvalue weighted by atomic mass is 9.97. The van der Waals surface area contributed by atoms with Crippen LogP contribution in [0, 0.1) is 0 Å². The minimum atomic E-state index is -1.13. The van der Waals surface area contributed by atoms with Crippen LogP contribution in [0.2, 0.25) is 0 Å². The van der Waals surface area contributed by atoms with E-state index < -0.39 is 11.5 Å². The Morgan fingerprint density at radius 1 is 1.20 bits per heavy atom. The summed E-state index contributed by atoms with van der Waals surface area (Å²) in [6.45, 7) is 0. The zero-order valence-electron chi connectivity index (χ0n) is 10.7. The van der Waals surface area contributed by atoms with Crippen molar-refractivity contribution in [2.24, 2.45) is 0 Å². The first kappa shape index (κ1) is 12.6. The number of aromatic nitrogens is 3. The first-order valence-electron chi connectivity index (χ1n) is 6.47. The van der Waals surface area contributed by atoms with Crippen LogP contribution in [0.3, 0.4) is 0 Å². The Labute approximate surface area is 114 Å². The highest BCUT2D eigenvalue weighted by Gasteiger charge is 2.42. The molecule has 0 radical (unpaired) electrons. The average molecular weight is 274 g/mol. The SMILES string of the molecule is O=C(NC1(C(=O)O)CCCC1)c1ccc2n[nH]nc2c1. The molecule has 1 saturated carbocycles. The molecule has 7 nitrogen and oxygen atoms in total. The van der Waals surface area contributed by atoms with E-state index in [2.05, 4.69) is 20.7 Å². The number of nitrogens with zero attached hydrogens (tertiary/aromatic N) is 2. The van der Waals surface area contributed by atoms with Gasteiger partial charge in [-0.3, -0.25) is 4.79 Å². The van der Waals surface area contributed by atoms with Crippen molar-refractivity contribution in [2.45, 2.75) is 31.2 Å². The summed E-state index contributed by atoms with van der Waals surface area (Å²) < 4.78 is 0. The number of carbonyl (C=O) groups is 2. The number of carboxylic acids is 1. The van der Waals surface area contributed by atoms with Crippen molar-refractivity contribution in [1.82, 2.24) is 20.7 Å². The number of amides is 1. The Hall–Kier alpha value is -2.44. The number of benzene rings is 1. The quantitative estimate of drug-likeness (QED) is 0.776. The standard InChI is InChI=1S/C13H14N4O3/c18-11(14-13(12(19)20)5-1-2-6-13)8-3-4-9-10(7-8)16-17-15-9/h3-4,7H,1-2,5-6H2,(H,14,18)(H,19,20)(H,15,16,17). The van der Waals surface area contributed by atoms with Crippen molar-refractivity contribution in [1.29, 1.82) is 0 Å². The number of H-pyrrole nitrogens is 1. The topological polar surface area (TPSA) is 108 Å². The molecule has 0 bridgehead atoms. The maximum Gasteiger partial charge on any atom is 0.329 e. The highest BCUT2D eigenvalue weighted by Crippen LogP contribution is 2.30. The van der Waals surface area contributed by atoms with Crippen LogP contribution in [0.25, 0.3) is 11.0 Å². The fraction of sp³-hybridized carbons (Fsp3) is 0.385. The number of carboxylic acid groups (broad SMARTS) is 1. The molecule has 1 aliphatic carbocycles. The molecule has 1 aromatic heterocycles. The molecule has 1 aromatic carbocycles. The van der Waals surface area contributed by atoms with Crippen molar-refractivity contribution < 1.29 is 14.7 Å². The molecule has 3 rings (SSSR count). The third-order valence-corrected chi connectivity index (χ3v) is 3.80. The number of aromatic amines is 1. The van der Waals surface area contributed by atoms with Gasteiger partial charge in [-0.05, 0) is 31.0 Å². The van der Waals surface area contributed by atoms with Gasteiger partial charge in [-0.25, -0.2) is 4.79 Å². The lowest BCUT2D eigenvalue weighted by Gasteiger charge is -2.25. The summed E-state index contributed by atoms with van der Waals surface area (Å²) in [4.78, 5) is 23.7. The molecule has 0 saturated heterocycles. The van der Waals surface area contributed by atoms with E-state index in [-0.39, 0.29) is 5.91 Å². The number of rotatable bonds is 3. The van der Waals surface area contributed by atoms with Crippen LogP contribution in [0.5, 0.6) is 0 Å². The maximum absolute atomic E-state index is 12.2. The second-order valence-corrected chi connectivity index (χ2v) is 5.08. The van der Waals surface area contributed by atoms with Crippen LogP contribution in [0.1, 0.15) is 36.0 Å². The molecule has 0 atom stereocenters. The monoisotopic (exact) mass is 274 g/mol. The molecule has 1 aliphatic rings. The number of hydrogen-bond donors (Lipinski definition) is 3. The van der Waals surface area contributed by atoms with Crippen molar-refractivity contribution >= 4 is 22.9 Å². The smallest absolute Gasteiger partial charge is 0.329 e. The summed E-state index contributed by atoms with van der Waals surface area (Å²) in [5.41, 5.74) is 0.498. The molecule has 1 fully saturated rings. The van der Waals surface area contributed by atoms with Gasteiger partial charge in [0.05, 0.1) is 0 Å². The van der Waals surface area contributed by atoms with Gasteiger partial charge in [-0.15, -0.1) is 0 Å². The van der Waals surface area contributed by atoms with Crippen LogP contribution in [-0.2, 0) is 4.79 Å². The zero-order chi connectivity index (χ0) is 14.2. The summed E-state index contributed by atoms with van der Waals surface area (Å²) in [5.74, 6) is -1.36. The molecule has 2 aromatic rings. The lowest BCUT2D eigenvalue weighted by molar-refractivity contribution is -0.144. The highest BCUT2D eigenvalue weighted by atomic mass is 16.4. The van der Waals surface area contributed by atoms with E-state index in [1.165, 1.54) is 0 Å². The van der Waals surface area contributed by atoms with Crippen LogP contribution < -0.4 is 5.32 Å². The molecular weight excluding hydrogens is 260 g/mol. The summed E-state index contributed by atoms with van der Waals surface area (Å²) in [5, 5.41) is 22.3. The van der Waals surface area contributed by atoms with E-state index in [0.29, 0.717) is 29.4 Å². The fourth-order valence-electron chi connectivity index (χ4n) is 2.64. The van der Waals surface area contributed by atoms with Crippen LogP contribution in [0.4, 0.5) is 0 Å². The normalized spacial score (nSPS) is 17.2. The van der Waals surface area contributed by atoms with Gasteiger partial charge in [-0.1, -0.05) is 12.8 Å². The molecule has 1 amide bonds. The Kier molecular flexibility index (Phi) is 2.89. The third-order valence-electron chi connectivity index (χ3n) is 3.80. The molecule has 7 heteroatoms. The van der Waals surface area contributed by atoms with Gasteiger partial charge in [0.25, 0.3) is 5.91 Å². The van der Waals surface area contributed by atoms with E-state index in [1.54, 1.807) is 18.2 Å². The van der Waals surface area contributed by atoms with Gasteiger partial charge in [0.1, 0.15) is 16.6 Å². The zero-order valence-corrected chi connectivity index (χ0v) is 10.7. The summed E-state index contributed by atoms with van der Waals surface area (Å²) in [6, 6.07) is 4.89. The predicted molar refractivity (Wildman–Crippen MR) is 70.2 cm³/mol. The summed E-state index contributed by atoms with van der Waals surface area (Å²) in [6.07, 6.45) is 2.57. The molecule has 104 valence electrons. The predicted octanol–water partition coefficient (Wildman–Crippen LogP) is 1.09. The molecular formula is C13H14N4O3. The van der Waals surface area contributed by atoms with Gasteiger partial charge < -0.3 is 10.4 Å². The Morgan fingerprint density at radius 2 is 1.90 bits per heavy atom. The Balaban J connectivity index is 1.86. The van der Waals surface area contributed by atoms with Crippen LogP contribution in [-0.4, -0.2) is 37.9 Å². The van der Waals surface area contributed by atoms with E-state index in [1.807, 2.05) is 0 Å². The minimum Gasteiger partial charge on any atom is -0.480 e. The molecule has 3 N–H and O–H groups in total. The van der Waals surface area contributed by atoms with Crippen LogP contribution in [0.15, 0.2) is 18.2 Å². The second-order valence-electron chi connectivity index (χ2n) is 5.08. The Morgan fingerprint density at radius 3 is 2.60 bits per heavy atom. The largest absolute Gasteiger partial charge is 0.480 e. The van der Waals surface area contributed by atoms with Crippen molar-refractivity contribution in [2.75, 3.05) is 0 Å². The number of nitrogens with one attached hydrogen (secondary N) is 2. The number of fused-ring (bicyclic) bond motifs is 1. The number of aliphatic carboxylic acids is 1. The fourth-order valence-corrected chi connectivity index (χ4v) is 2.64. The van der Waals surface area contributed by atoms with Crippen molar-refractivity contribution in [3.63, 3.8) is 0 Å². The molecule has 1 heterocycles. The second kappa shape index (κ2) is 4.59. The van der Waals surface area contributed by atoms with Gasteiger partial charge in [-0.2, -0.15) is 15.4 Å². The molecule has 20 heavy (non-hydrogen) atoms. The highest BCUT2D eigenvalue weighted by molar-refractivity contribution is 6.00. The summed E-state index contributed by atoms with van der Waals surface area (Å²) >= 11 is 0. The Bertz CT molecular complexity index is 673. The number of carbonyl (C=O) groups excluding carboxylic acids is 1. The summed E-state index contributed by atoms with van der Waals surface area (Å²) in [7, 11) is 0. The lowest BCUT2D eigenvalue weighted by Crippen LogP contribution is -2.52. The van der Waals surface area contributed by atoms with E-state index in [0.717, 1.165) is 12.8 Å². The van der Waals surface area contributed by atoms with Gasteiger partial charge in [0.15, 0.2) is 0 Å². The van der Waals surface area contributed by atoms with Gasteiger partial charge in [0.2, 0.25) is 0 Å². The first-order valence-corrected chi connectivity index (χ1v) is 6.47. The first-order chi connectivity index (χ1) is 9.61. The third kappa shape index (κ3) is 2.01. The van der Waals surface area contributed by atoms with E-state index >= 15 is 0 Å². The molecule has 0 spiro atoms. The van der Waals surface area contributed by atoms with Crippen molar-refractivity contribution in [3.8, 4) is 0 Å².